The van der Waals surface area contributed by atoms with Crippen LogP contribution in [0.5, 0.6) is 0 Å². The first-order valence-corrected chi connectivity index (χ1v) is 9.45. The van der Waals surface area contributed by atoms with E-state index < -0.39 is 5.82 Å². The van der Waals surface area contributed by atoms with Gasteiger partial charge in [0.15, 0.2) is 0 Å². The lowest BCUT2D eigenvalue weighted by Gasteiger charge is -2.25. The van der Waals surface area contributed by atoms with Gasteiger partial charge in [-0.25, -0.2) is 4.39 Å². The van der Waals surface area contributed by atoms with Gasteiger partial charge in [-0.05, 0) is 62.5 Å². The molecule has 0 radical (unpaired) electrons. The Morgan fingerprint density at radius 3 is 2.62 bits per heavy atom. The van der Waals surface area contributed by atoms with Gasteiger partial charge in [0, 0.05) is 19.3 Å². The topological polar surface area (TPSA) is 36.4 Å². The van der Waals surface area contributed by atoms with Crippen LogP contribution in [0.25, 0.3) is 0 Å². The Morgan fingerprint density at radius 1 is 1.08 bits per heavy atom. The molecule has 0 saturated carbocycles. The Hall–Kier alpha value is -2.27. The molecule has 0 aliphatic carbocycles. The third-order valence-corrected chi connectivity index (χ3v) is 5.41. The van der Waals surface area contributed by atoms with E-state index in [1.165, 1.54) is 24.5 Å². The summed E-state index contributed by atoms with van der Waals surface area (Å²) in [5, 5.41) is 0. The number of likely N-dealkylation sites (tertiary alicyclic amines) is 2. The first kappa shape index (κ1) is 17.2. The second-order valence-electron chi connectivity index (χ2n) is 7.21. The lowest BCUT2D eigenvalue weighted by molar-refractivity contribution is 0.0728. The number of amides is 1. The zero-order valence-corrected chi connectivity index (χ0v) is 14.9. The SMILES string of the molecule is O=C(c1ccccc1F)N1CCC[C@@H]1c1ccc(CN2CCCC2)cn1. The van der Waals surface area contributed by atoms with E-state index in [0.717, 1.165) is 38.2 Å². The van der Waals surface area contributed by atoms with E-state index in [1.807, 2.05) is 12.3 Å². The maximum atomic E-state index is 14.0. The number of halogens is 1. The van der Waals surface area contributed by atoms with Gasteiger partial charge in [0.25, 0.3) is 5.91 Å². The monoisotopic (exact) mass is 353 g/mol. The molecule has 1 amide bonds. The number of benzene rings is 1. The fraction of sp³-hybridized carbons (Fsp3) is 0.429. The van der Waals surface area contributed by atoms with Crippen molar-refractivity contribution in [2.45, 2.75) is 38.3 Å². The number of hydrogen-bond acceptors (Lipinski definition) is 3. The Balaban J connectivity index is 1.49. The van der Waals surface area contributed by atoms with Crippen molar-refractivity contribution in [2.24, 2.45) is 0 Å². The first-order valence-electron chi connectivity index (χ1n) is 9.45. The van der Waals surface area contributed by atoms with E-state index in [9.17, 15) is 9.18 Å². The summed E-state index contributed by atoms with van der Waals surface area (Å²) in [7, 11) is 0. The van der Waals surface area contributed by atoms with Crippen LogP contribution in [0.2, 0.25) is 0 Å². The van der Waals surface area contributed by atoms with Gasteiger partial charge in [0.05, 0.1) is 17.3 Å². The van der Waals surface area contributed by atoms with Crippen molar-refractivity contribution >= 4 is 5.91 Å². The van der Waals surface area contributed by atoms with E-state index >= 15 is 0 Å². The molecule has 26 heavy (non-hydrogen) atoms. The number of pyridine rings is 1. The molecular formula is C21H24FN3O. The molecule has 0 unspecified atom stereocenters. The van der Waals surface area contributed by atoms with Gasteiger partial charge in [-0.1, -0.05) is 18.2 Å². The normalized spacial score (nSPS) is 20.7. The Bertz CT molecular complexity index is 771. The van der Waals surface area contributed by atoms with Crippen LogP contribution in [-0.4, -0.2) is 40.3 Å². The zero-order valence-electron chi connectivity index (χ0n) is 14.9. The summed E-state index contributed by atoms with van der Waals surface area (Å²) >= 11 is 0. The quantitative estimate of drug-likeness (QED) is 0.839. The molecule has 2 fully saturated rings. The van der Waals surface area contributed by atoms with Gasteiger partial charge in [0.1, 0.15) is 5.82 Å². The molecule has 1 atom stereocenters. The molecule has 4 rings (SSSR count). The fourth-order valence-corrected chi connectivity index (χ4v) is 4.03. The molecule has 1 aromatic heterocycles. The second kappa shape index (κ2) is 7.54. The minimum atomic E-state index is -0.461. The number of rotatable bonds is 4. The number of carbonyl (C=O) groups excluding carboxylic acids is 1. The largest absolute Gasteiger partial charge is 0.330 e. The fourth-order valence-electron chi connectivity index (χ4n) is 4.03. The van der Waals surface area contributed by atoms with Crippen LogP contribution in [0, 0.1) is 5.82 Å². The molecule has 2 aromatic rings. The molecule has 2 saturated heterocycles. The van der Waals surface area contributed by atoms with Gasteiger partial charge in [0.2, 0.25) is 0 Å². The van der Waals surface area contributed by atoms with Crippen LogP contribution < -0.4 is 0 Å². The number of carbonyl (C=O) groups is 1. The Kier molecular flexibility index (Phi) is 4.98. The van der Waals surface area contributed by atoms with E-state index in [1.54, 1.807) is 23.1 Å². The molecule has 0 spiro atoms. The minimum absolute atomic E-state index is 0.0667. The van der Waals surface area contributed by atoms with E-state index in [0.29, 0.717) is 6.54 Å². The molecule has 0 N–H and O–H groups in total. The summed E-state index contributed by atoms with van der Waals surface area (Å²) < 4.78 is 14.0. The van der Waals surface area contributed by atoms with Gasteiger partial charge in [-0.3, -0.25) is 14.7 Å². The van der Waals surface area contributed by atoms with Crippen molar-refractivity contribution in [2.75, 3.05) is 19.6 Å². The molecule has 0 bridgehead atoms. The minimum Gasteiger partial charge on any atom is -0.330 e. The second-order valence-corrected chi connectivity index (χ2v) is 7.21. The van der Waals surface area contributed by atoms with Gasteiger partial charge in [-0.2, -0.15) is 0 Å². The number of aromatic nitrogens is 1. The molecule has 136 valence electrons. The summed E-state index contributed by atoms with van der Waals surface area (Å²) in [6, 6.07) is 10.3. The van der Waals surface area contributed by atoms with E-state index in [-0.39, 0.29) is 17.5 Å². The van der Waals surface area contributed by atoms with Crippen LogP contribution in [0.3, 0.4) is 0 Å². The van der Waals surface area contributed by atoms with Crippen molar-refractivity contribution in [1.29, 1.82) is 0 Å². The molecular weight excluding hydrogens is 329 g/mol. The highest BCUT2D eigenvalue weighted by molar-refractivity contribution is 5.94. The summed E-state index contributed by atoms with van der Waals surface area (Å²) in [4.78, 5) is 21.6. The maximum absolute atomic E-state index is 14.0. The van der Waals surface area contributed by atoms with Crippen LogP contribution in [-0.2, 0) is 6.54 Å². The van der Waals surface area contributed by atoms with Crippen LogP contribution >= 0.6 is 0 Å². The van der Waals surface area contributed by atoms with Gasteiger partial charge >= 0.3 is 0 Å². The summed E-state index contributed by atoms with van der Waals surface area (Å²) in [6.45, 7) is 3.91. The van der Waals surface area contributed by atoms with Crippen LogP contribution in [0.15, 0.2) is 42.6 Å². The van der Waals surface area contributed by atoms with Crippen LogP contribution in [0.4, 0.5) is 4.39 Å². The molecule has 2 aliphatic heterocycles. The lowest BCUT2D eigenvalue weighted by Crippen LogP contribution is -2.31. The highest BCUT2D eigenvalue weighted by atomic mass is 19.1. The molecule has 4 nitrogen and oxygen atoms in total. The first-order chi connectivity index (χ1) is 12.7. The Morgan fingerprint density at radius 2 is 1.88 bits per heavy atom. The smallest absolute Gasteiger partial charge is 0.257 e. The third-order valence-electron chi connectivity index (χ3n) is 5.41. The summed E-state index contributed by atoms with van der Waals surface area (Å²) in [5.41, 5.74) is 2.25. The van der Waals surface area contributed by atoms with Crippen molar-refractivity contribution in [1.82, 2.24) is 14.8 Å². The summed E-state index contributed by atoms with van der Waals surface area (Å²) in [6.07, 6.45) is 6.28. The average Bonchev–Trinajstić information content (AvgIpc) is 3.34. The van der Waals surface area contributed by atoms with Gasteiger partial charge < -0.3 is 4.90 Å². The van der Waals surface area contributed by atoms with E-state index in [2.05, 4.69) is 16.0 Å². The number of hydrogen-bond donors (Lipinski definition) is 0. The van der Waals surface area contributed by atoms with Crippen molar-refractivity contribution in [3.63, 3.8) is 0 Å². The third kappa shape index (κ3) is 3.49. The van der Waals surface area contributed by atoms with Crippen molar-refractivity contribution < 1.29 is 9.18 Å². The van der Waals surface area contributed by atoms with E-state index in [4.69, 9.17) is 0 Å². The lowest BCUT2D eigenvalue weighted by atomic mass is 10.1. The number of nitrogens with zero attached hydrogens (tertiary/aromatic N) is 3. The predicted molar refractivity (Wildman–Crippen MR) is 98.2 cm³/mol. The Labute approximate surface area is 153 Å². The maximum Gasteiger partial charge on any atom is 0.257 e. The zero-order chi connectivity index (χ0) is 17.9. The molecule has 2 aliphatic rings. The predicted octanol–water partition coefficient (Wildman–Crippen LogP) is 3.79. The molecule has 3 heterocycles. The van der Waals surface area contributed by atoms with Crippen LogP contribution in [0.1, 0.15) is 53.3 Å². The average molecular weight is 353 g/mol. The highest BCUT2D eigenvalue weighted by Gasteiger charge is 2.32. The standard InChI is InChI=1S/C21H24FN3O/c22-18-7-2-1-6-17(18)21(26)25-13-5-8-20(25)19-10-9-16(14-23-19)15-24-11-3-4-12-24/h1-2,6-7,9-10,14,20H,3-5,8,11-13,15H2/t20-/m1/s1. The molecule has 5 heteroatoms. The molecule has 1 aromatic carbocycles. The van der Waals surface area contributed by atoms with Crippen molar-refractivity contribution in [3.8, 4) is 0 Å². The van der Waals surface area contributed by atoms with Crippen molar-refractivity contribution in [3.05, 3.63) is 65.2 Å². The summed E-state index contributed by atoms with van der Waals surface area (Å²) in [5.74, 6) is -0.703. The highest BCUT2D eigenvalue weighted by Crippen LogP contribution is 2.32. The van der Waals surface area contributed by atoms with Gasteiger partial charge in [-0.15, -0.1) is 0 Å².